The predicted molar refractivity (Wildman–Crippen MR) is 231 cm³/mol. The zero-order valence-corrected chi connectivity index (χ0v) is 35.0. The quantitative estimate of drug-likeness (QED) is 0.197. The number of allylic oxidation sites excluding steroid dienone is 2. The van der Waals surface area contributed by atoms with Gasteiger partial charge in [0.15, 0.2) is 0 Å². The van der Waals surface area contributed by atoms with Gasteiger partial charge in [-0.05, 0) is 102 Å². The number of fused-ring (bicyclic) bond motifs is 1. The van der Waals surface area contributed by atoms with E-state index in [1.807, 2.05) is 45.0 Å². The number of likely N-dealkylation sites (tertiary alicyclic amines) is 1. The molecule has 1 saturated carbocycles. The maximum absolute atomic E-state index is 13.8. The summed E-state index contributed by atoms with van der Waals surface area (Å²) in [6.07, 6.45) is 9.43. The summed E-state index contributed by atoms with van der Waals surface area (Å²) in [7, 11) is 2.60. The number of benzene rings is 3. The number of rotatable bonds is 10. The fourth-order valence-corrected chi connectivity index (χ4v) is 9.02. The van der Waals surface area contributed by atoms with E-state index in [0.29, 0.717) is 19.4 Å². The van der Waals surface area contributed by atoms with E-state index in [9.17, 15) is 19.2 Å². The molecule has 7 rings (SSSR count). The summed E-state index contributed by atoms with van der Waals surface area (Å²) in [6, 6.07) is 20.7. The average molecular weight is 801 g/mol. The SMILES string of the molecule is COC(=O)N[C@H](C(=O)N1CCCC1C1=NC=C(c2ccc(-c3ccc4cc(C5=CN=C(C6CCCC[C@H]6C(=O)N(NC(=O)OC)C(C)C)C5)ccc4c3)cc2)C1)C(C)C. The molecule has 1 aliphatic carbocycles. The van der Waals surface area contributed by atoms with Gasteiger partial charge in [-0.2, -0.15) is 0 Å². The Labute approximate surface area is 346 Å². The topological polar surface area (TPSA) is 142 Å². The highest BCUT2D eigenvalue weighted by Gasteiger charge is 2.40. The number of hydrazine groups is 1. The first kappa shape index (κ1) is 41.4. The molecule has 0 bridgehead atoms. The number of nitrogens with zero attached hydrogens (tertiary/aromatic N) is 4. The van der Waals surface area contributed by atoms with Crippen molar-refractivity contribution < 1.29 is 28.7 Å². The van der Waals surface area contributed by atoms with Crippen LogP contribution >= 0.6 is 0 Å². The molecule has 12 nitrogen and oxygen atoms in total. The van der Waals surface area contributed by atoms with Crippen molar-refractivity contribution in [3.8, 4) is 11.1 Å². The molecule has 0 spiro atoms. The fourth-order valence-electron chi connectivity index (χ4n) is 9.02. The Bertz CT molecular complexity index is 2220. The van der Waals surface area contributed by atoms with E-state index >= 15 is 0 Å². The molecule has 3 aliphatic heterocycles. The lowest BCUT2D eigenvalue weighted by atomic mass is 9.74. The van der Waals surface area contributed by atoms with Gasteiger partial charge in [0.1, 0.15) is 6.04 Å². The second kappa shape index (κ2) is 18.0. The van der Waals surface area contributed by atoms with E-state index in [0.717, 1.165) is 94.1 Å². The van der Waals surface area contributed by atoms with Gasteiger partial charge in [-0.25, -0.2) is 20.0 Å². The largest absolute Gasteiger partial charge is 0.453 e. The van der Waals surface area contributed by atoms with Crippen LogP contribution in [0.4, 0.5) is 9.59 Å². The van der Waals surface area contributed by atoms with Gasteiger partial charge in [-0.1, -0.05) is 75.2 Å². The van der Waals surface area contributed by atoms with Gasteiger partial charge in [0, 0.05) is 61.1 Å². The Morgan fingerprint density at radius 1 is 0.712 bits per heavy atom. The van der Waals surface area contributed by atoms with Crippen LogP contribution in [0.15, 0.2) is 83.0 Å². The van der Waals surface area contributed by atoms with E-state index in [-0.39, 0.29) is 41.7 Å². The van der Waals surface area contributed by atoms with Crippen molar-refractivity contribution in [1.29, 1.82) is 0 Å². The number of alkyl carbamates (subject to hydrolysis) is 1. The van der Waals surface area contributed by atoms with Gasteiger partial charge in [-0.3, -0.25) is 19.6 Å². The number of methoxy groups -OCH3 is 2. The minimum absolute atomic E-state index is 0.0221. The normalized spacial score (nSPS) is 20.8. The third kappa shape index (κ3) is 8.96. The van der Waals surface area contributed by atoms with Crippen molar-refractivity contribution in [2.75, 3.05) is 20.8 Å². The van der Waals surface area contributed by atoms with Crippen molar-refractivity contribution in [3.05, 3.63) is 84.2 Å². The molecule has 2 fully saturated rings. The molecule has 1 saturated heterocycles. The maximum atomic E-state index is 13.8. The Morgan fingerprint density at radius 3 is 1.98 bits per heavy atom. The van der Waals surface area contributed by atoms with Crippen LogP contribution < -0.4 is 10.7 Å². The third-order valence-corrected chi connectivity index (χ3v) is 12.3. The Balaban J connectivity index is 0.974. The number of hydrogen-bond donors (Lipinski definition) is 2. The second-order valence-electron chi connectivity index (χ2n) is 16.7. The highest BCUT2D eigenvalue weighted by molar-refractivity contribution is 6.05. The summed E-state index contributed by atoms with van der Waals surface area (Å²) in [5, 5.41) is 6.43. The Kier molecular flexibility index (Phi) is 12.6. The highest BCUT2D eigenvalue weighted by atomic mass is 16.5. The lowest BCUT2D eigenvalue weighted by Crippen LogP contribution is -2.54. The molecule has 0 radical (unpaired) electrons. The van der Waals surface area contributed by atoms with Crippen molar-refractivity contribution >= 4 is 57.3 Å². The Hall–Kier alpha value is -5.78. The minimum Gasteiger partial charge on any atom is -0.453 e. The number of carbonyl (C=O) groups excluding carboxylic acids is 4. The van der Waals surface area contributed by atoms with Crippen LogP contribution in [0.25, 0.3) is 33.0 Å². The summed E-state index contributed by atoms with van der Waals surface area (Å²) in [5.74, 6) is -0.490. The van der Waals surface area contributed by atoms with E-state index in [4.69, 9.17) is 19.5 Å². The maximum Gasteiger partial charge on any atom is 0.425 e. The van der Waals surface area contributed by atoms with Crippen LogP contribution in [0.5, 0.6) is 0 Å². The minimum atomic E-state index is -0.656. The molecule has 3 heterocycles. The van der Waals surface area contributed by atoms with Crippen LogP contribution in [-0.2, 0) is 19.1 Å². The molecule has 3 aromatic carbocycles. The molecule has 4 aliphatic rings. The molecular formula is C47H56N6O6. The van der Waals surface area contributed by atoms with E-state index in [2.05, 4.69) is 71.4 Å². The molecule has 2 N–H and O–H groups in total. The molecule has 59 heavy (non-hydrogen) atoms. The molecule has 4 atom stereocenters. The summed E-state index contributed by atoms with van der Waals surface area (Å²) in [4.78, 5) is 62.9. The van der Waals surface area contributed by atoms with Crippen molar-refractivity contribution in [2.24, 2.45) is 27.7 Å². The van der Waals surface area contributed by atoms with E-state index in [1.54, 1.807) is 0 Å². The van der Waals surface area contributed by atoms with Gasteiger partial charge in [0.2, 0.25) is 11.8 Å². The van der Waals surface area contributed by atoms with Gasteiger partial charge in [-0.15, -0.1) is 0 Å². The van der Waals surface area contributed by atoms with Gasteiger partial charge in [0.25, 0.3) is 0 Å². The monoisotopic (exact) mass is 800 g/mol. The lowest BCUT2D eigenvalue weighted by Gasteiger charge is -2.36. The predicted octanol–water partition coefficient (Wildman–Crippen LogP) is 8.56. The zero-order valence-electron chi connectivity index (χ0n) is 35.0. The number of hydrogen-bond acceptors (Lipinski definition) is 8. The zero-order chi connectivity index (χ0) is 41.8. The number of ether oxygens (including phenoxy) is 2. The summed E-state index contributed by atoms with van der Waals surface area (Å²) < 4.78 is 9.56. The second-order valence-corrected chi connectivity index (χ2v) is 16.7. The van der Waals surface area contributed by atoms with Gasteiger partial charge < -0.3 is 19.7 Å². The highest BCUT2D eigenvalue weighted by Crippen LogP contribution is 2.39. The summed E-state index contributed by atoms with van der Waals surface area (Å²) in [5.41, 5.74) is 11.4. The Morgan fingerprint density at radius 2 is 1.31 bits per heavy atom. The van der Waals surface area contributed by atoms with Crippen molar-refractivity contribution in [1.82, 2.24) is 20.7 Å². The number of nitrogens with one attached hydrogen (secondary N) is 2. The molecule has 12 heteroatoms. The first-order valence-corrected chi connectivity index (χ1v) is 20.9. The van der Waals surface area contributed by atoms with Gasteiger partial charge >= 0.3 is 12.2 Å². The molecule has 310 valence electrons. The van der Waals surface area contributed by atoms with E-state index in [1.165, 1.54) is 19.2 Å². The van der Waals surface area contributed by atoms with Crippen LogP contribution in [0, 0.1) is 17.8 Å². The molecule has 2 unspecified atom stereocenters. The standard InChI is InChI=1S/C47H56N6O6/c1-28(2)43(50-46(56)58-5)45(55)52-21-9-12-42(52)41-25-36(26-49-41)31-15-13-30(14-16-31)32-17-18-34-23-35(20-19-33(34)22-32)37-24-40(48-27-37)38-10-7-8-11-39(38)44(54)53(29(3)4)51-47(57)59-6/h13-20,22-23,26-29,38-39,42-43H,7-12,21,24-25H2,1-6H3,(H,50,56)(H,51,57)/t38?,39-,42?,43+/m1/s1. The molecular weight excluding hydrogens is 745 g/mol. The average Bonchev–Trinajstić information content (AvgIpc) is 4.06. The first-order valence-electron chi connectivity index (χ1n) is 20.9. The van der Waals surface area contributed by atoms with Crippen LogP contribution in [0.3, 0.4) is 0 Å². The van der Waals surface area contributed by atoms with Crippen LogP contribution in [0.2, 0.25) is 0 Å². The smallest absolute Gasteiger partial charge is 0.425 e. The first-order chi connectivity index (χ1) is 28.4. The lowest BCUT2D eigenvalue weighted by molar-refractivity contribution is -0.142. The molecule has 3 aromatic rings. The van der Waals surface area contributed by atoms with E-state index < -0.39 is 18.2 Å². The van der Waals surface area contributed by atoms with Crippen molar-refractivity contribution in [2.45, 2.75) is 97.2 Å². The third-order valence-electron chi connectivity index (χ3n) is 12.3. The number of carbonyl (C=O) groups is 4. The summed E-state index contributed by atoms with van der Waals surface area (Å²) >= 11 is 0. The van der Waals surface area contributed by atoms with Gasteiger partial charge in [0.05, 0.1) is 20.3 Å². The summed E-state index contributed by atoms with van der Waals surface area (Å²) in [6.45, 7) is 8.25. The number of amides is 4. The number of aliphatic imine (C=N–C) groups is 2. The van der Waals surface area contributed by atoms with Crippen molar-refractivity contribution in [3.63, 3.8) is 0 Å². The molecule has 4 amide bonds. The fraction of sp³-hybridized carbons (Fsp3) is 0.447. The van der Waals surface area contributed by atoms with Crippen LogP contribution in [-0.4, -0.2) is 84.2 Å². The van der Waals surface area contributed by atoms with Crippen LogP contribution in [0.1, 0.15) is 90.2 Å². The molecule has 0 aromatic heterocycles.